The minimum absolute atomic E-state index is 0. The van der Waals surface area contributed by atoms with Crippen molar-refractivity contribution in [2.24, 2.45) is 17.8 Å². The van der Waals surface area contributed by atoms with Crippen LogP contribution in [0, 0.1) is 17.8 Å². The van der Waals surface area contributed by atoms with Crippen LogP contribution in [0.4, 0.5) is 39.5 Å². The molecule has 480 valence electrons. The number of carboxylic acids is 1. The third-order valence-corrected chi connectivity index (χ3v) is 13.9. The Hall–Kier alpha value is -3.70. The van der Waals surface area contributed by atoms with Gasteiger partial charge in [0.25, 0.3) is 0 Å². The van der Waals surface area contributed by atoms with Crippen molar-refractivity contribution in [3.63, 3.8) is 0 Å². The number of aliphatic hydroxyl groups is 3. The summed E-state index contributed by atoms with van der Waals surface area (Å²) in [4.78, 5) is 87.9. The van der Waals surface area contributed by atoms with Gasteiger partial charge in [-0.1, -0.05) is 19.7 Å². The minimum Gasteiger partial charge on any atom is -0.547 e. The van der Waals surface area contributed by atoms with Gasteiger partial charge in [0.05, 0.1) is 17.5 Å². The molecule has 3 rings (SSSR count). The topological polar surface area (TPSA) is 276 Å². The zero-order chi connectivity index (χ0) is 65.7. The number of hydrogen-bond donors (Lipinski definition) is 3. The first-order chi connectivity index (χ1) is 37.4. The van der Waals surface area contributed by atoms with E-state index in [1.807, 2.05) is 27.7 Å². The fraction of sp³-hybridized carbons (Fsp3) is 0.736. The maximum atomic E-state index is 12.6. The average Bonchev–Trinajstić information content (AvgIpc) is 3.34. The number of aliphatic carboxylic acids is 1. The fourth-order valence-corrected chi connectivity index (χ4v) is 8.00. The van der Waals surface area contributed by atoms with E-state index in [0.29, 0.717) is 42.7 Å². The Morgan fingerprint density at radius 3 is 0.976 bits per heavy atom. The van der Waals surface area contributed by atoms with Crippen molar-refractivity contribution >= 4 is 81.8 Å². The van der Waals surface area contributed by atoms with Crippen LogP contribution in [0.3, 0.4) is 0 Å². The summed E-state index contributed by atoms with van der Waals surface area (Å²) in [6.07, 6.45) is -9.91. The summed E-state index contributed by atoms with van der Waals surface area (Å²) >= 11 is 15.0. The van der Waals surface area contributed by atoms with Crippen molar-refractivity contribution < 1.29 is 156 Å². The van der Waals surface area contributed by atoms with Gasteiger partial charge in [-0.05, 0) is 176 Å². The molecule has 3 saturated carbocycles. The predicted molar refractivity (Wildman–Crippen MR) is 279 cm³/mol. The van der Waals surface area contributed by atoms with Crippen molar-refractivity contribution in [2.75, 3.05) is 18.4 Å². The number of alkyl halides is 11. The Labute approximate surface area is 519 Å². The summed E-state index contributed by atoms with van der Waals surface area (Å²) in [7, 11) is 0. The molecule has 1 atom stereocenters. The number of carbonyl (C=O) groups is 8. The number of rotatable bonds is 17. The number of carbonyl (C=O) groups excluding carboxylic acids is 8. The number of hydrogen-bond acceptors (Lipinski definition) is 18. The van der Waals surface area contributed by atoms with Crippen LogP contribution in [-0.4, -0.2) is 146 Å². The molecule has 0 aliphatic heterocycles. The molecule has 3 aliphatic rings. The van der Waals surface area contributed by atoms with E-state index in [-0.39, 0.29) is 95.9 Å². The Morgan fingerprint density at radius 2 is 0.774 bits per heavy atom. The van der Waals surface area contributed by atoms with Crippen molar-refractivity contribution in [3.8, 4) is 0 Å². The number of ether oxygens (including phenoxy) is 6. The van der Waals surface area contributed by atoms with E-state index >= 15 is 0 Å². The standard InChI is InChI=1S/C19H24F6O7.C15H23ClO4.C13H22O3.C4H5F3O3.C2H2Cl2O.Na/c1-10(2)14(27)31-12-7-5-11(6-8-12)16(3,4)32-13(26)9-30-15(28)17(29,18(20,21)22)19(23,24)25;1-10(2)14(18)19-12-7-5-11(6-8-12)15(3,4)20-13(17)9-16;1-9(2)12(14)16-11-7-5-10(6-8-11)13(3,4)15;1-3(10,2(8)9)4(5,6)7;3-1-2(4)5;/h11-12,29H,1,5-9H2,2-4H3;11-12H,1,5-9H2,2-4H3;10-11,15H,1,5-8H2,2-4H3;10H,1H3,(H,8,9);1H2;/q;;;;;+1/p-1. The third kappa shape index (κ3) is 29.3. The second-order valence-electron chi connectivity index (χ2n) is 21.5. The van der Waals surface area contributed by atoms with E-state index < -0.39 is 88.2 Å². The van der Waals surface area contributed by atoms with Crippen LogP contribution in [0.25, 0.3) is 0 Å². The summed E-state index contributed by atoms with van der Waals surface area (Å²) in [5.74, 6) is -8.54. The second kappa shape index (κ2) is 35.9. The van der Waals surface area contributed by atoms with Gasteiger partial charge >= 0.3 is 89.5 Å². The largest absolute Gasteiger partial charge is 1.00 e. The summed E-state index contributed by atoms with van der Waals surface area (Å²) < 4.78 is 140. The van der Waals surface area contributed by atoms with E-state index in [9.17, 15) is 88.1 Å². The SMILES string of the molecule is C=C(C)C(=O)OC1CCC(C(C)(C)O)CC1.C=C(C)C(=O)OC1CCC(C(C)(C)OC(=O)CCl)CC1.C=C(C)C(=O)OC1CCC(C(C)(C)OC(=O)COC(=O)C(O)(C(F)(F)F)C(F)(F)F)CC1.CC(O)(C(=O)[O-])C(F)(F)F.O=C(Cl)CCl.[Na+]. The Balaban J connectivity index is -0.00000108. The van der Waals surface area contributed by atoms with Crippen molar-refractivity contribution in [3.05, 3.63) is 36.5 Å². The van der Waals surface area contributed by atoms with E-state index in [0.717, 1.165) is 51.4 Å². The maximum Gasteiger partial charge on any atom is 1.00 e. The predicted octanol–water partition coefficient (Wildman–Crippen LogP) is 6.09. The Kier molecular flexibility index (Phi) is 36.2. The van der Waals surface area contributed by atoms with Gasteiger partial charge in [-0.15, -0.1) is 23.2 Å². The van der Waals surface area contributed by atoms with Gasteiger partial charge in [0, 0.05) is 16.7 Å². The average molecular weight is 1300 g/mol. The summed E-state index contributed by atoms with van der Waals surface area (Å²) in [5, 5.41) is 36.0. The van der Waals surface area contributed by atoms with E-state index in [2.05, 4.69) is 24.5 Å². The molecule has 3 N–H and O–H groups in total. The molecule has 3 fully saturated rings. The Bertz CT molecular complexity index is 2210. The molecule has 0 amide bonds. The number of esters is 6. The van der Waals surface area contributed by atoms with Crippen LogP contribution >= 0.6 is 34.8 Å². The van der Waals surface area contributed by atoms with Gasteiger partial charge in [0.1, 0.15) is 35.4 Å². The zero-order valence-corrected chi connectivity index (χ0v) is 53.0. The van der Waals surface area contributed by atoms with Crippen molar-refractivity contribution in [2.45, 2.75) is 211 Å². The van der Waals surface area contributed by atoms with Gasteiger partial charge in [0.15, 0.2) is 12.2 Å². The molecule has 3 aliphatic carbocycles. The molecule has 84 heavy (non-hydrogen) atoms. The quantitative estimate of drug-likeness (QED) is 0.0283. The maximum absolute atomic E-state index is 12.6. The molecule has 0 heterocycles. The van der Waals surface area contributed by atoms with Crippen molar-refractivity contribution in [1.82, 2.24) is 0 Å². The fourth-order valence-electron chi connectivity index (χ4n) is 7.94. The molecule has 0 aromatic heterocycles. The van der Waals surface area contributed by atoms with Crippen LogP contribution in [0.2, 0.25) is 0 Å². The molecule has 0 spiro atoms. The first-order valence-corrected chi connectivity index (χ1v) is 26.9. The smallest absolute Gasteiger partial charge is 0.547 e. The van der Waals surface area contributed by atoms with Crippen molar-refractivity contribution in [1.29, 1.82) is 0 Å². The van der Waals surface area contributed by atoms with Gasteiger partial charge in [-0.2, -0.15) is 39.5 Å². The van der Waals surface area contributed by atoms with E-state index in [1.54, 1.807) is 13.8 Å². The van der Waals surface area contributed by atoms with Gasteiger partial charge in [0.2, 0.25) is 5.24 Å². The zero-order valence-electron chi connectivity index (χ0n) is 48.7. The number of carboxylic acid groups (broad SMARTS) is 1. The normalized spacial score (nSPS) is 20.8. The molecule has 1 unspecified atom stereocenters. The molecule has 0 radical (unpaired) electrons. The molecular weight excluding hydrogens is 1220 g/mol. The monoisotopic (exact) mass is 1300 g/mol. The molecular formula is C53H75Cl3F9NaO18. The summed E-state index contributed by atoms with van der Waals surface area (Å²) in [6, 6.07) is 0. The summed E-state index contributed by atoms with van der Waals surface area (Å²) in [5.41, 5.74) is -10.8. The second-order valence-corrected chi connectivity index (χ2v) is 22.5. The number of halogens is 12. The molecule has 31 heteroatoms. The van der Waals surface area contributed by atoms with Gasteiger partial charge in [-0.25, -0.2) is 24.0 Å². The van der Waals surface area contributed by atoms with Crippen LogP contribution in [0.1, 0.15) is 146 Å². The first-order valence-electron chi connectivity index (χ1n) is 25.4. The van der Waals surface area contributed by atoms with Gasteiger partial charge in [-0.3, -0.25) is 9.59 Å². The van der Waals surface area contributed by atoms with Gasteiger partial charge < -0.3 is 53.6 Å². The third-order valence-electron chi connectivity index (χ3n) is 13.2. The molecule has 0 aromatic rings. The molecule has 0 saturated heterocycles. The van der Waals surface area contributed by atoms with E-state index in [4.69, 9.17) is 68.7 Å². The molecule has 0 aromatic carbocycles. The minimum atomic E-state index is -6.42. The van der Waals surface area contributed by atoms with Crippen LogP contribution in [0.5, 0.6) is 0 Å². The van der Waals surface area contributed by atoms with Crippen LogP contribution in [-0.2, 0) is 66.8 Å². The van der Waals surface area contributed by atoms with Crippen LogP contribution in [0.15, 0.2) is 36.5 Å². The Morgan fingerprint density at radius 1 is 0.500 bits per heavy atom. The first kappa shape index (κ1) is 84.5. The van der Waals surface area contributed by atoms with E-state index in [1.165, 1.54) is 20.8 Å². The van der Waals surface area contributed by atoms with Crippen LogP contribution < -0.4 is 34.7 Å². The molecule has 0 bridgehead atoms. The molecule has 18 nitrogen and oxygen atoms in total. The summed E-state index contributed by atoms with van der Waals surface area (Å²) in [6.45, 7) is 24.4.